The summed E-state index contributed by atoms with van der Waals surface area (Å²) < 4.78 is 0. The smallest absolute Gasteiger partial charge is 0.236 e. The highest BCUT2D eigenvalue weighted by Gasteiger charge is 2.16. The third kappa shape index (κ3) is 3.59. The molecule has 13 heavy (non-hydrogen) atoms. The van der Waals surface area contributed by atoms with E-state index in [-0.39, 0.29) is 5.91 Å². The lowest BCUT2D eigenvalue weighted by Crippen LogP contribution is -2.36. The van der Waals surface area contributed by atoms with E-state index in [2.05, 4.69) is 11.9 Å². The maximum atomic E-state index is 11.5. The number of nitrogens with one attached hydrogen (secondary N) is 1. The van der Waals surface area contributed by atoms with Crippen LogP contribution in [0.25, 0.3) is 0 Å². The second-order valence-corrected chi connectivity index (χ2v) is 3.65. The van der Waals surface area contributed by atoms with Gasteiger partial charge in [0.15, 0.2) is 0 Å². The Labute approximate surface area is 79.8 Å². The molecule has 1 rings (SSSR count). The Morgan fingerprint density at radius 1 is 1.38 bits per heavy atom. The van der Waals surface area contributed by atoms with Crippen LogP contribution >= 0.6 is 0 Å². The third-order valence-corrected chi connectivity index (χ3v) is 2.16. The number of likely N-dealkylation sites (tertiary alicyclic amines) is 1. The van der Waals surface area contributed by atoms with Crippen molar-refractivity contribution >= 4 is 5.91 Å². The second-order valence-electron chi connectivity index (χ2n) is 3.65. The number of carbonyl (C=O) groups excluding carboxylic acids is 1. The number of hydrogen-bond acceptors (Lipinski definition) is 2. The van der Waals surface area contributed by atoms with E-state index < -0.39 is 0 Å². The molecule has 0 atom stereocenters. The molecular weight excluding hydrogens is 164 g/mol. The molecule has 0 aromatic heterocycles. The van der Waals surface area contributed by atoms with Crippen molar-refractivity contribution in [3.05, 3.63) is 12.2 Å². The van der Waals surface area contributed by atoms with Gasteiger partial charge in [-0.25, -0.2) is 0 Å². The Morgan fingerprint density at radius 2 is 2.00 bits per heavy atom. The lowest BCUT2D eigenvalue weighted by atomic mass is 10.3. The first-order valence-electron chi connectivity index (χ1n) is 4.83. The molecule has 1 saturated heterocycles. The highest BCUT2D eigenvalue weighted by atomic mass is 16.2. The summed E-state index contributed by atoms with van der Waals surface area (Å²) in [6, 6.07) is 0. The standard InChI is InChI=1S/C10H18N2O/c1-9(2)7-11-8-10(13)12-5-3-4-6-12/h11H,1,3-8H2,2H3. The lowest BCUT2D eigenvalue weighted by molar-refractivity contribution is -0.129. The number of hydrogen-bond donors (Lipinski definition) is 1. The zero-order valence-electron chi connectivity index (χ0n) is 8.31. The summed E-state index contributed by atoms with van der Waals surface area (Å²) >= 11 is 0. The molecule has 0 aliphatic carbocycles. The van der Waals surface area contributed by atoms with E-state index in [1.54, 1.807) is 0 Å². The van der Waals surface area contributed by atoms with Crippen LogP contribution in [-0.2, 0) is 4.79 Å². The largest absolute Gasteiger partial charge is 0.342 e. The van der Waals surface area contributed by atoms with Crippen molar-refractivity contribution in [3.63, 3.8) is 0 Å². The molecule has 0 bridgehead atoms. The van der Waals surface area contributed by atoms with Crippen molar-refractivity contribution in [1.82, 2.24) is 10.2 Å². The highest BCUT2D eigenvalue weighted by molar-refractivity contribution is 5.78. The van der Waals surface area contributed by atoms with Crippen LogP contribution in [0, 0.1) is 0 Å². The minimum absolute atomic E-state index is 0.221. The van der Waals surface area contributed by atoms with E-state index in [0.717, 1.165) is 38.0 Å². The van der Waals surface area contributed by atoms with Crippen molar-refractivity contribution in [1.29, 1.82) is 0 Å². The van der Waals surface area contributed by atoms with E-state index in [4.69, 9.17) is 0 Å². The van der Waals surface area contributed by atoms with Gasteiger partial charge in [-0.15, -0.1) is 0 Å². The molecule has 1 fully saturated rings. The molecule has 0 radical (unpaired) electrons. The fraction of sp³-hybridized carbons (Fsp3) is 0.700. The van der Waals surface area contributed by atoms with Gasteiger partial charge in [0.05, 0.1) is 6.54 Å². The first-order chi connectivity index (χ1) is 6.20. The molecule has 1 N–H and O–H groups in total. The van der Waals surface area contributed by atoms with E-state index in [0.29, 0.717) is 6.54 Å². The first kappa shape index (κ1) is 10.3. The van der Waals surface area contributed by atoms with Crippen LogP contribution in [0.4, 0.5) is 0 Å². The van der Waals surface area contributed by atoms with Gasteiger partial charge in [-0.3, -0.25) is 4.79 Å². The molecule has 0 aromatic rings. The maximum absolute atomic E-state index is 11.5. The van der Waals surface area contributed by atoms with Crippen LogP contribution in [0.5, 0.6) is 0 Å². The van der Waals surface area contributed by atoms with E-state index in [1.807, 2.05) is 11.8 Å². The number of rotatable bonds is 4. The molecule has 0 spiro atoms. The monoisotopic (exact) mass is 182 g/mol. The predicted octanol–water partition coefficient (Wildman–Crippen LogP) is 0.774. The van der Waals surface area contributed by atoms with Crippen LogP contribution < -0.4 is 5.32 Å². The molecule has 0 saturated carbocycles. The molecule has 1 aliphatic heterocycles. The minimum atomic E-state index is 0.221. The fourth-order valence-electron chi connectivity index (χ4n) is 1.46. The van der Waals surface area contributed by atoms with Gasteiger partial charge in [0.1, 0.15) is 0 Å². The summed E-state index contributed by atoms with van der Waals surface area (Å²) in [4.78, 5) is 13.4. The first-order valence-corrected chi connectivity index (χ1v) is 4.83. The number of nitrogens with zero attached hydrogens (tertiary/aromatic N) is 1. The second kappa shape index (κ2) is 5.02. The number of carbonyl (C=O) groups is 1. The minimum Gasteiger partial charge on any atom is -0.342 e. The molecule has 1 aliphatic rings. The van der Waals surface area contributed by atoms with Crippen LogP contribution in [0.3, 0.4) is 0 Å². The Morgan fingerprint density at radius 3 is 2.54 bits per heavy atom. The molecule has 74 valence electrons. The van der Waals surface area contributed by atoms with Crippen molar-refractivity contribution < 1.29 is 4.79 Å². The summed E-state index contributed by atoms with van der Waals surface area (Å²) in [6.45, 7) is 8.78. The van der Waals surface area contributed by atoms with Crippen LogP contribution in [0.2, 0.25) is 0 Å². The van der Waals surface area contributed by atoms with Crippen LogP contribution in [0.15, 0.2) is 12.2 Å². The average molecular weight is 182 g/mol. The van der Waals surface area contributed by atoms with Gasteiger partial charge >= 0.3 is 0 Å². The van der Waals surface area contributed by atoms with Crippen LogP contribution in [-0.4, -0.2) is 37.0 Å². The zero-order valence-corrected chi connectivity index (χ0v) is 8.31. The van der Waals surface area contributed by atoms with Crippen LogP contribution in [0.1, 0.15) is 19.8 Å². The highest BCUT2D eigenvalue weighted by Crippen LogP contribution is 2.06. The molecule has 3 heteroatoms. The third-order valence-electron chi connectivity index (χ3n) is 2.16. The maximum Gasteiger partial charge on any atom is 0.236 e. The van der Waals surface area contributed by atoms with Gasteiger partial charge in [0, 0.05) is 19.6 Å². The Hall–Kier alpha value is -0.830. The molecular formula is C10H18N2O. The summed E-state index contributed by atoms with van der Waals surface area (Å²) in [7, 11) is 0. The quantitative estimate of drug-likeness (QED) is 0.651. The molecule has 0 aromatic carbocycles. The predicted molar refractivity (Wildman–Crippen MR) is 53.5 cm³/mol. The SMILES string of the molecule is C=C(C)CNCC(=O)N1CCCC1. The lowest BCUT2D eigenvalue weighted by Gasteiger charge is -2.15. The normalized spacial score (nSPS) is 16.2. The summed E-state index contributed by atoms with van der Waals surface area (Å²) in [6.07, 6.45) is 2.32. The molecule has 3 nitrogen and oxygen atoms in total. The van der Waals surface area contributed by atoms with Gasteiger partial charge in [-0.05, 0) is 19.8 Å². The average Bonchev–Trinajstić information content (AvgIpc) is 2.55. The summed E-state index contributed by atoms with van der Waals surface area (Å²) in [5, 5.41) is 3.07. The van der Waals surface area contributed by atoms with Crippen molar-refractivity contribution in [2.75, 3.05) is 26.2 Å². The zero-order chi connectivity index (χ0) is 9.68. The van der Waals surface area contributed by atoms with Gasteiger partial charge in [-0.2, -0.15) is 0 Å². The van der Waals surface area contributed by atoms with Gasteiger partial charge in [0.2, 0.25) is 5.91 Å². The topological polar surface area (TPSA) is 32.3 Å². The van der Waals surface area contributed by atoms with E-state index in [1.165, 1.54) is 0 Å². The van der Waals surface area contributed by atoms with Crippen molar-refractivity contribution in [2.24, 2.45) is 0 Å². The van der Waals surface area contributed by atoms with E-state index >= 15 is 0 Å². The van der Waals surface area contributed by atoms with Crippen molar-refractivity contribution in [3.8, 4) is 0 Å². The Kier molecular flexibility index (Phi) is 3.96. The van der Waals surface area contributed by atoms with Crippen molar-refractivity contribution in [2.45, 2.75) is 19.8 Å². The Bertz CT molecular complexity index is 195. The molecule has 1 heterocycles. The van der Waals surface area contributed by atoms with Gasteiger partial charge < -0.3 is 10.2 Å². The summed E-state index contributed by atoms with van der Waals surface area (Å²) in [5.41, 5.74) is 1.06. The Balaban J connectivity index is 2.13. The summed E-state index contributed by atoms with van der Waals surface area (Å²) in [5.74, 6) is 0.221. The fourth-order valence-corrected chi connectivity index (χ4v) is 1.46. The van der Waals surface area contributed by atoms with E-state index in [9.17, 15) is 4.79 Å². The van der Waals surface area contributed by atoms with Gasteiger partial charge in [-0.1, -0.05) is 12.2 Å². The van der Waals surface area contributed by atoms with Gasteiger partial charge in [0.25, 0.3) is 0 Å². The molecule has 1 amide bonds. The molecule has 0 unspecified atom stereocenters. The number of amides is 1.